The van der Waals surface area contributed by atoms with Crippen LogP contribution in [0, 0.1) is 18.3 Å². The summed E-state index contributed by atoms with van der Waals surface area (Å²) in [6.07, 6.45) is 0. The number of nitrogens with zero attached hydrogens (tertiary/aromatic N) is 1. The van der Waals surface area contributed by atoms with Crippen molar-refractivity contribution in [2.24, 2.45) is 0 Å². The van der Waals surface area contributed by atoms with Gasteiger partial charge in [0.25, 0.3) is 0 Å². The van der Waals surface area contributed by atoms with Gasteiger partial charge in [-0.2, -0.15) is 5.26 Å². The van der Waals surface area contributed by atoms with E-state index < -0.39 is 0 Å². The molecule has 0 atom stereocenters. The first-order valence-corrected chi connectivity index (χ1v) is 8.82. The van der Waals surface area contributed by atoms with Gasteiger partial charge < -0.3 is 5.32 Å². The quantitative estimate of drug-likeness (QED) is 0.807. The topological polar surface area (TPSA) is 52.9 Å². The van der Waals surface area contributed by atoms with Crippen molar-refractivity contribution in [3.63, 3.8) is 0 Å². The van der Waals surface area contributed by atoms with Gasteiger partial charge in [0, 0.05) is 10.6 Å². The fraction of sp³-hybridized carbons (Fsp3) is 0.300. The van der Waals surface area contributed by atoms with Crippen LogP contribution >= 0.6 is 11.8 Å². The molecule has 0 aromatic heterocycles. The minimum absolute atomic E-state index is 0.0507. The smallest absolute Gasteiger partial charge is 0.234 e. The molecule has 0 unspecified atom stereocenters. The van der Waals surface area contributed by atoms with Crippen LogP contribution in [0.5, 0.6) is 0 Å². The molecule has 24 heavy (non-hydrogen) atoms. The van der Waals surface area contributed by atoms with Gasteiger partial charge in [-0.25, -0.2) is 0 Å². The number of carbonyl (C=O) groups excluding carboxylic acids is 1. The molecule has 0 heterocycles. The van der Waals surface area contributed by atoms with E-state index in [1.807, 2.05) is 0 Å². The summed E-state index contributed by atoms with van der Waals surface area (Å²) in [5.41, 5.74) is 3.83. The van der Waals surface area contributed by atoms with Gasteiger partial charge in [-0.15, -0.1) is 11.8 Å². The lowest BCUT2D eigenvalue weighted by Crippen LogP contribution is -2.14. The van der Waals surface area contributed by atoms with Crippen molar-refractivity contribution in [1.82, 2.24) is 0 Å². The van der Waals surface area contributed by atoms with Crippen molar-refractivity contribution < 1.29 is 4.79 Å². The van der Waals surface area contributed by atoms with E-state index in [0.29, 0.717) is 17.0 Å². The molecule has 0 spiro atoms. The van der Waals surface area contributed by atoms with Crippen molar-refractivity contribution >= 4 is 23.4 Å². The van der Waals surface area contributed by atoms with Crippen LogP contribution in [0.4, 0.5) is 5.69 Å². The molecule has 0 saturated heterocycles. The zero-order valence-electron chi connectivity index (χ0n) is 14.5. The zero-order chi connectivity index (χ0) is 17.7. The number of nitriles is 1. The molecule has 0 bridgehead atoms. The minimum atomic E-state index is -0.0507. The Morgan fingerprint density at radius 2 is 1.83 bits per heavy atom. The molecule has 0 aliphatic carbocycles. The number of thioether (sulfide) groups is 1. The summed E-state index contributed by atoms with van der Waals surface area (Å²) < 4.78 is 0. The largest absolute Gasteiger partial charge is 0.325 e. The van der Waals surface area contributed by atoms with Gasteiger partial charge in [0.05, 0.1) is 17.4 Å². The number of anilines is 1. The van der Waals surface area contributed by atoms with Gasteiger partial charge in [0.1, 0.15) is 0 Å². The summed E-state index contributed by atoms with van der Waals surface area (Å²) in [5, 5.41) is 11.6. The molecular weight excluding hydrogens is 316 g/mol. The Hall–Kier alpha value is -2.25. The van der Waals surface area contributed by atoms with Crippen LogP contribution < -0.4 is 5.32 Å². The minimum Gasteiger partial charge on any atom is -0.325 e. The number of nitrogens with one attached hydrogen (secondary N) is 1. The molecule has 4 heteroatoms. The van der Waals surface area contributed by atoms with Crippen LogP contribution in [-0.2, 0) is 10.2 Å². The molecule has 0 radical (unpaired) electrons. The van der Waals surface area contributed by atoms with Gasteiger partial charge in [0.15, 0.2) is 0 Å². The van der Waals surface area contributed by atoms with Gasteiger partial charge in [-0.05, 0) is 53.8 Å². The van der Waals surface area contributed by atoms with Gasteiger partial charge >= 0.3 is 0 Å². The lowest BCUT2D eigenvalue weighted by molar-refractivity contribution is -0.113. The normalized spacial score (nSPS) is 11.0. The monoisotopic (exact) mass is 338 g/mol. The second-order valence-corrected chi connectivity index (χ2v) is 7.77. The average molecular weight is 338 g/mol. The number of aryl methyl sites for hydroxylation is 1. The van der Waals surface area contributed by atoms with Crippen molar-refractivity contribution in [3.05, 3.63) is 59.2 Å². The molecule has 3 nitrogen and oxygen atoms in total. The second kappa shape index (κ2) is 7.55. The standard InChI is InChI=1S/C20H22N2OS/c1-14-5-8-16(20(2,3)4)11-18(14)24-13-19(23)22-17-9-6-15(12-21)7-10-17/h5-11H,13H2,1-4H3,(H,22,23). The van der Waals surface area contributed by atoms with Crippen LogP contribution in [0.15, 0.2) is 47.4 Å². The highest BCUT2D eigenvalue weighted by molar-refractivity contribution is 8.00. The highest BCUT2D eigenvalue weighted by Crippen LogP contribution is 2.29. The maximum absolute atomic E-state index is 12.1. The van der Waals surface area contributed by atoms with E-state index in [1.165, 1.54) is 11.1 Å². The van der Waals surface area contributed by atoms with Crippen molar-refractivity contribution in [2.45, 2.75) is 38.0 Å². The van der Waals surface area contributed by atoms with Crippen LogP contribution in [0.25, 0.3) is 0 Å². The zero-order valence-corrected chi connectivity index (χ0v) is 15.3. The van der Waals surface area contributed by atoms with Gasteiger partial charge in [0.2, 0.25) is 5.91 Å². The molecule has 0 aliphatic rings. The molecule has 2 rings (SSSR count). The Morgan fingerprint density at radius 3 is 2.42 bits per heavy atom. The van der Waals surface area contributed by atoms with E-state index in [-0.39, 0.29) is 11.3 Å². The fourth-order valence-electron chi connectivity index (χ4n) is 2.19. The number of rotatable bonds is 4. The molecule has 2 aromatic rings. The Kier molecular flexibility index (Phi) is 5.69. The fourth-order valence-corrected chi connectivity index (χ4v) is 3.06. The van der Waals surface area contributed by atoms with Crippen LogP contribution in [-0.4, -0.2) is 11.7 Å². The summed E-state index contributed by atoms with van der Waals surface area (Å²) in [6, 6.07) is 15.4. The third kappa shape index (κ3) is 4.87. The first kappa shape index (κ1) is 18.1. The maximum atomic E-state index is 12.1. The summed E-state index contributed by atoms with van der Waals surface area (Å²) in [7, 11) is 0. The van der Waals surface area contributed by atoms with Crippen molar-refractivity contribution in [3.8, 4) is 6.07 Å². The number of amides is 1. The molecule has 1 amide bonds. The van der Waals surface area contributed by atoms with Crippen LogP contribution in [0.1, 0.15) is 37.5 Å². The van der Waals surface area contributed by atoms with E-state index in [0.717, 1.165) is 4.90 Å². The number of hydrogen-bond donors (Lipinski definition) is 1. The third-order valence-electron chi connectivity index (χ3n) is 3.71. The number of hydrogen-bond acceptors (Lipinski definition) is 3. The summed E-state index contributed by atoms with van der Waals surface area (Å²) in [6.45, 7) is 8.62. The molecule has 0 aliphatic heterocycles. The van der Waals surface area contributed by atoms with E-state index in [1.54, 1.807) is 36.0 Å². The maximum Gasteiger partial charge on any atom is 0.234 e. The van der Waals surface area contributed by atoms with E-state index in [9.17, 15) is 4.79 Å². The van der Waals surface area contributed by atoms with Crippen LogP contribution in [0.3, 0.4) is 0 Å². The molecule has 124 valence electrons. The van der Waals surface area contributed by atoms with Crippen LogP contribution in [0.2, 0.25) is 0 Å². The van der Waals surface area contributed by atoms with Gasteiger partial charge in [-0.3, -0.25) is 4.79 Å². The average Bonchev–Trinajstić information content (AvgIpc) is 2.53. The highest BCUT2D eigenvalue weighted by Gasteiger charge is 2.15. The number of benzene rings is 2. The summed E-state index contributed by atoms with van der Waals surface area (Å²) >= 11 is 1.55. The summed E-state index contributed by atoms with van der Waals surface area (Å²) in [4.78, 5) is 13.3. The molecule has 0 saturated carbocycles. The first-order valence-electron chi connectivity index (χ1n) is 7.83. The number of carbonyl (C=O) groups is 1. The molecule has 0 fully saturated rings. The lowest BCUT2D eigenvalue weighted by Gasteiger charge is -2.20. The molecule has 2 aromatic carbocycles. The Morgan fingerprint density at radius 1 is 1.17 bits per heavy atom. The molecular formula is C20H22N2OS. The third-order valence-corrected chi connectivity index (χ3v) is 4.87. The Bertz CT molecular complexity index is 768. The van der Waals surface area contributed by atoms with Crippen molar-refractivity contribution in [2.75, 3.05) is 11.1 Å². The predicted octanol–water partition coefficient (Wildman–Crippen LogP) is 4.90. The Labute approximate surface area is 148 Å². The SMILES string of the molecule is Cc1ccc(C(C)(C)C)cc1SCC(=O)Nc1ccc(C#N)cc1. The van der Waals surface area contributed by atoms with Gasteiger partial charge in [-0.1, -0.05) is 32.9 Å². The molecule has 1 N–H and O–H groups in total. The van der Waals surface area contributed by atoms with Crippen molar-refractivity contribution in [1.29, 1.82) is 5.26 Å². The summed E-state index contributed by atoms with van der Waals surface area (Å²) in [5.74, 6) is 0.305. The second-order valence-electron chi connectivity index (χ2n) is 6.76. The van der Waals surface area contributed by atoms with E-state index in [2.05, 4.69) is 57.3 Å². The Balaban J connectivity index is 1.99. The van der Waals surface area contributed by atoms with E-state index in [4.69, 9.17) is 5.26 Å². The highest BCUT2D eigenvalue weighted by atomic mass is 32.2. The predicted molar refractivity (Wildman–Crippen MR) is 100 cm³/mol. The lowest BCUT2D eigenvalue weighted by atomic mass is 9.87. The van der Waals surface area contributed by atoms with E-state index >= 15 is 0 Å². The first-order chi connectivity index (χ1) is 11.3.